The first-order valence-corrected chi connectivity index (χ1v) is 11.0. The molecular weight excluding hydrogens is 472 g/mol. The number of aliphatic hydroxyl groups is 1. The van der Waals surface area contributed by atoms with Crippen LogP contribution in [-0.2, 0) is 6.61 Å². The fraction of sp³-hybridized carbons (Fsp3) is 0.0385. The number of para-hydroxylation sites is 1. The minimum absolute atomic E-state index is 0.00917. The van der Waals surface area contributed by atoms with Crippen LogP contribution < -0.4 is 5.32 Å². The summed E-state index contributed by atoms with van der Waals surface area (Å²) in [6.07, 6.45) is 4.35. The fourth-order valence-corrected chi connectivity index (χ4v) is 3.70. The number of amides is 1. The monoisotopic (exact) mass is 490 g/mol. The molecule has 0 aliphatic rings. The molecule has 1 amide bonds. The molecule has 0 saturated heterocycles. The maximum atomic E-state index is 13.3. The Labute approximate surface area is 210 Å². The molecule has 0 bridgehead atoms. The van der Waals surface area contributed by atoms with Crippen LogP contribution >= 0.6 is 0 Å². The second kappa shape index (κ2) is 10.0. The first kappa shape index (κ1) is 23.3. The number of hydrogen-bond acceptors (Lipinski definition) is 8. The fourth-order valence-electron chi connectivity index (χ4n) is 3.70. The first-order chi connectivity index (χ1) is 18.1. The van der Waals surface area contributed by atoms with Crippen molar-refractivity contribution in [3.8, 4) is 11.7 Å². The highest BCUT2D eigenvalue weighted by molar-refractivity contribution is 6.16. The van der Waals surface area contributed by atoms with Gasteiger partial charge < -0.3 is 15.5 Å². The first-order valence-electron chi connectivity index (χ1n) is 11.0. The van der Waals surface area contributed by atoms with E-state index in [1.54, 1.807) is 54.6 Å². The third kappa shape index (κ3) is 4.60. The van der Waals surface area contributed by atoms with Gasteiger partial charge in [-0.25, -0.2) is 14.8 Å². The quantitative estimate of drug-likeness (QED) is 0.220. The number of aliphatic hydroxyl groups excluding tert-OH is 1. The van der Waals surface area contributed by atoms with Crippen molar-refractivity contribution >= 4 is 39.6 Å². The zero-order valence-electron chi connectivity index (χ0n) is 19.1. The third-order valence-electron chi connectivity index (χ3n) is 5.44. The van der Waals surface area contributed by atoms with Crippen molar-refractivity contribution in [2.45, 2.75) is 6.61 Å². The maximum Gasteiger partial charge on any atom is 0.260 e. The summed E-state index contributed by atoms with van der Waals surface area (Å²) in [5, 5.41) is 37.0. The molecule has 3 aromatic carbocycles. The molecule has 11 nitrogen and oxygen atoms in total. The number of fused-ring (bicyclic) bond motifs is 1. The minimum Gasteiger partial charge on any atom is -0.505 e. The number of phenolic OH excluding ortho intramolecular Hbond substituents is 1. The molecule has 0 atom stereocenters. The summed E-state index contributed by atoms with van der Waals surface area (Å²) in [5.74, 6) is -0.704. The number of nitrogens with one attached hydrogen (secondary N) is 1. The van der Waals surface area contributed by atoms with Crippen LogP contribution in [0.25, 0.3) is 21.6 Å². The van der Waals surface area contributed by atoms with Gasteiger partial charge >= 0.3 is 0 Å². The van der Waals surface area contributed by atoms with Gasteiger partial charge in [0.05, 0.1) is 24.9 Å². The molecule has 5 aromatic rings. The second-order valence-corrected chi connectivity index (χ2v) is 7.78. The Kier molecular flexibility index (Phi) is 6.31. The summed E-state index contributed by atoms with van der Waals surface area (Å²) < 4.78 is 1.25. The number of aromatic hydroxyl groups is 1. The summed E-state index contributed by atoms with van der Waals surface area (Å²) in [6.45, 7) is 7.23. The van der Waals surface area contributed by atoms with E-state index in [0.29, 0.717) is 22.0 Å². The van der Waals surface area contributed by atoms with Crippen molar-refractivity contribution in [2.24, 2.45) is 10.2 Å². The molecule has 5 rings (SSSR count). The number of azo groups is 1. The van der Waals surface area contributed by atoms with Crippen molar-refractivity contribution in [1.29, 1.82) is 0 Å². The lowest BCUT2D eigenvalue weighted by molar-refractivity contribution is 0.102. The second-order valence-electron chi connectivity index (χ2n) is 7.78. The van der Waals surface area contributed by atoms with Gasteiger partial charge in [-0.2, -0.15) is 9.78 Å². The lowest BCUT2D eigenvalue weighted by Crippen LogP contribution is -2.12. The smallest absolute Gasteiger partial charge is 0.260 e. The SMILES string of the molecule is [C-]#[N+]c1cnn(-c2ncccn2)c1N=Nc1cc2cc(CO)ccc2c(C(=O)Nc2ccccc2)c1O. The standard InChI is InChI=1S/C26H18N8O3/c1-27-21-14-30-34(26-28-10-5-11-29-26)24(21)33-32-20-13-17-12-16(15-35)8-9-19(17)22(23(20)36)25(37)31-18-6-3-2-4-7-18/h2-14,35-36H,15H2,(H,31,37). The Bertz CT molecular complexity index is 1680. The lowest BCUT2D eigenvalue weighted by atomic mass is 9.99. The molecule has 0 aliphatic heterocycles. The van der Waals surface area contributed by atoms with Crippen LogP contribution in [0.15, 0.2) is 89.5 Å². The Morgan fingerprint density at radius 2 is 1.84 bits per heavy atom. The number of phenols is 1. The number of nitrogens with zero attached hydrogens (tertiary/aromatic N) is 7. The molecule has 0 aliphatic carbocycles. The molecular formula is C26H18N8O3. The number of hydrogen-bond donors (Lipinski definition) is 3. The van der Waals surface area contributed by atoms with E-state index in [9.17, 15) is 15.0 Å². The van der Waals surface area contributed by atoms with Crippen molar-refractivity contribution in [3.63, 3.8) is 0 Å². The number of carbonyl (C=O) groups excluding carboxylic acids is 1. The van der Waals surface area contributed by atoms with Gasteiger partial charge in [-0.3, -0.25) is 4.79 Å². The van der Waals surface area contributed by atoms with Gasteiger partial charge in [-0.15, -0.1) is 10.2 Å². The molecule has 180 valence electrons. The number of rotatable bonds is 6. The molecule has 2 aromatic heterocycles. The van der Waals surface area contributed by atoms with E-state index in [4.69, 9.17) is 6.57 Å². The van der Waals surface area contributed by atoms with Gasteiger partial charge in [0.1, 0.15) is 5.69 Å². The van der Waals surface area contributed by atoms with Crippen molar-refractivity contribution in [2.75, 3.05) is 5.32 Å². The number of benzene rings is 3. The molecule has 0 fully saturated rings. The van der Waals surface area contributed by atoms with Crippen LogP contribution in [0.5, 0.6) is 5.75 Å². The Morgan fingerprint density at radius 1 is 1.05 bits per heavy atom. The van der Waals surface area contributed by atoms with Crippen molar-refractivity contribution in [3.05, 3.63) is 102 Å². The molecule has 2 heterocycles. The van der Waals surface area contributed by atoms with Crippen LogP contribution in [0.4, 0.5) is 22.9 Å². The predicted octanol–water partition coefficient (Wildman–Crippen LogP) is 5.23. The summed E-state index contributed by atoms with van der Waals surface area (Å²) in [6, 6.07) is 17.0. The van der Waals surface area contributed by atoms with E-state index >= 15 is 0 Å². The van der Waals surface area contributed by atoms with E-state index in [1.807, 2.05) is 6.07 Å². The normalized spacial score (nSPS) is 11.0. The van der Waals surface area contributed by atoms with Crippen LogP contribution in [0.1, 0.15) is 15.9 Å². The highest BCUT2D eigenvalue weighted by Gasteiger charge is 2.21. The summed E-state index contributed by atoms with van der Waals surface area (Å²) >= 11 is 0. The van der Waals surface area contributed by atoms with Crippen LogP contribution in [0.2, 0.25) is 0 Å². The molecule has 11 heteroatoms. The predicted molar refractivity (Wildman–Crippen MR) is 136 cm³/mol. The topological polar surface area (TPSA) is 142 Å². The molecule has 0 unspecified atom stereocenters. The maximum absolute atomic E-state index is 13.3. The summed E-state index contributed by atoms with van der Waals surface area (Å²) in [5.41, 5.74) is 1.24. The van der Waals surface area contributed by atoms with E-state index in [2.05, 4.69) is 35.5 Å². The third-order valence-corrected chi connectivity index (χ3v) is 5.44. The van der Waals surface area contributed by atoms with Crippen molar-refractivity contribution in [1.82, 2.24) is 19.7 Å². The Hall–Kier alpha value is -5.47. The van der Waals surface area contributed by atoms with Gasteiger partial charge in [0.15, 0.2) is 11.6 Å². The number of carbonyl (C=O) groups is 1. The average Bonchev–Trinajstić information content (AvgIpc) is 3.35. The Balaban J connectivity index is 1.63. The molecule has 0 saturated carbocycles. The zero-order chi connectivity index (χ0) is 25.8. The van der Waals surface area contributed by atoms with Crippen molar-refractivity contribution < 1.29 is 15.0 Å². The van der Waals surface area contributed by atoms with Crippen LogP contribution in [0, 0.1) is 6.57 Å². The number of aromatic nitrogens is 4. The van der Waals surface area contributed by atoms with E-state index < -0.39 is 11.7 Å². The van der Waals surface area contributed by atoms with Crippen LogP contribution in [-0.4, -0.2) is 35.9 Å². The van der Waals surface area contributed by atoms with E-state index in [1.165, 1.54) is 23.3 Å². The van der Waals surface area contributed by atoms with Gasteiger partial charge in [0.2, 0.25) is 0 Å². The molecule has 0 radical (unpaired) electrons. The highest BCUT2D eigenvalue weighted by atomic mass is 16.3. The minimum atomic E-state index is -0.549. The largest absolute Gasteiger partial charge is 0.505 e. The van der Waals surface area contributed by atoms with Crippen LogP contribution in [0.3, 0.4) is 0 Å². The molecule has 37 heavy (non-hydrogen) atoms. The Morgan fingerprint density at radius 3 is 2.57 bits per heavy atom. The average molecular weight is 490 g/mol. The molecule has 3 N–H and O–H groups in total. The van der Waals surface area contributed by atoms with Gasteiger partial charge in [0, 0.05) is 18.1 Å². The van der Waals surface area contributed by atoms with Gasteiger partial charge in [-0.1, -0.05) is 30.3 Å². The number of anilines is 1. The van der Waals surface area contributed by atoms with Gasteiger partial charge in [-0.05, 0) is 46.7 Å². The van der Waals surface area contributed by atoms with Gasteiger partial charge in [0.25, 0.3) is 17.5 Å². The summed E-state index contributed by atoms with van der Waals surface area (Å²) in [7, 11) is 0. The highest BCUT2D eigenvalue weighted by Crippen LogP contribution is 2.39. The molecule has 0 spiro atoms. The zero-order valence-corrected chi connectivity index (χ0v) is 19.1. The van der Waals surface area contributed by atoms with E-state index in [-0.39, 0.29) is 35.3 Å². The van der Waals surface area contributed by atoms with E-state index in [0.717, 1.165) is 0 Å². The lowest BCUT2D eigenvalue weighted by Gasteiger charge is -2.13. The summed E-state index contributed by atoms with van der Waals surface area (Å²) in [4.78, 5) is 24.9.